The number of nitrogen functional groups attached to an aromatic ring is 1. The van der Waals surface area contributed by atoms with E-state index in [4.69, 9.17) is 5.73 Å². The van der Waals surface area contributed by atoms with Gasteiger partial charge in [-0.1, -0.05) is 0 Å². The molecule has 0 saturated carbocycles. The van der Waals surface area contributed by atoms with Gasteiger partial charge in [0.05, 0.1) is 6.20 Å². The van der Waals surface area contributed by atoms with E-state index in [-0.39, 0.29) is 6.03 Å². The third-order valence-electron chi connectivity index (χ3n) is 1.24. The van der Waals surface area contributed by atoms with Crippen LogP contribution in [0.3, 0.4) is 0 Å². The minimum atomic E-state index is -0.243. The minimum absolute atomic E-state index is 0.243. The number of carbonyl (C=O) groups is 1. The molecule has 0 spiro atoms. The predicted molar refractivity (Wildman–Crippen MR) is 41.1 cm³/mol. The summed E-state index contributed by atoms with van der Waals surface area (Å²) in [6, 6.07) is 1.33. The standard InChI is InChI=1S/C6H10N4O/c1-9(2)6(11)10-5(7)3-4-8-10/h3-4H,7H2,1-2H3. The molecule has 1 rings (SSSR count). The van der Waals surface area contributed by atoms with E-state index in [1.165, 1.54) is 11.1 Å². The zero-order valence-corrected chi connectivity index (χ0v) is 6.48. The molecule has 5 nitrogen and oxygen atoms in total. The zero-order valence-electron chi connectivity index (χ0n) is 6.48. The van der Waals surface area contributed by atoms with Gasteiger partial charge in [-0.2, -0.15) is 9.78 Å². The number of amides is 1. The van der Waals surface area contributed by atoms with Gasteiger partial charge in [-0.3, -0.25) is 0 Å². The van der Waals surface area contributed by atoms with Crippen LogP contribution in [0.4, 0.5) is 10.6 Å². The quantitative estimate of drug-likeness (QED) is 0.571. The van der Waals surface area contributed by atoms with E-state index in [9.17, 15) is 4.79 Å². The lowest BCUT2D eigenvalue weighted by molar-refractivity contribution is 0.216. The van der Waals surface area contributed by atoms with Crippen LogP contribution in [0, 0.1) is 0 Å². The lowest BCUT2D eigenvalue weighted by Crippen LogP contribution is -2.28. The van der Waals surface area contributed by atoms with Gasteiger partial charge < -0.3 is 10.6 Å². The molecular weight excluding hydrogens is 144 g/mol. The molecule has 0 radical (unpaired) electrons. The second-order valence-corrected chi connectivity index (χ2v) is 2.34. The summed E-state index contributed by atoms with van der Waals surface area (Å²) in [5.41, 5.74) is 5.43. The first-order valence-electron chi connectivity index (χ1n) is 3.14. The number of hydrogen-bond donors (Lipinski definition) is 1. The molecule has 11 heavy (non-hydrogen) atoms. The molecule has 0 aromatic carbocycles. The number of hydrogen-bond acceptors (Lipinski definition) is 3. The maximum atomic E-state index is 11.2. The van der Waals surface area contributed by atoms with Gasteiger partial charge in [-0.05, 0) is 0 Å². The molecule has 0 unspecified atom stereocenters. The fourth-order valence-electron chi connectivity index (χ4n) is 0.663. The SMILES string of the molecule is CN(C)C(=O)n1nccc1N. The Bertz CT molecular complexity index is 265. The minimum Gasteiger partial charge on any atom is -0.383 e. The largest absolute Gasteiger partial charge is 0.383 e. The Labute approximate surface area is 64.4 Å². The number of carbonyl (C=O) groups excluding carboxylic acids is 1. The number of anilines is 1. The van der Waals surface area contributed by atoms with Crippen LogP contribution in [0.15, 0.2) is 12.3 Å². The Morgan fingerprint density at radius 1 is 1.73 bits per heavy atom. The van der Waals surface area contributed by atoms with Crippen LogP contribution in [-0.4, -0.2) is 34.8 Å². The van der Waals surface area contributed by atoms with Crippen molar-refractivity contribution in [2.75, 3.05) is 19.8 Å². The van der Waals surface area contributed by atoms with Crippen molar-refractivity contribution >= 4 is 11.8 Å². The van der Waals surface area contributed by atoms with Crippen LogP contribution in [0.5, 0.6) is 0 Å². The normalized spacial score (nSPS) is 9.64. The average Bonchev–Trinajstić information content (AvgIpc) is 2.33. The van der Waals surface area contributed by atoms with Crippen molar-refractivity contribution in [3.8, 4) is 0 Å². The van der Waals surface area contributed by atoms with Crippen molar-refractivity contribution in [2.45, 2.75) is 0 Å². The summed E-state index contributed by atoms with van der Waals surface area (Å²) in [6.07, 6.45) is 1.48. The van der Waals surface area contributed by atoms with E-state index in [1.54, 1.807) is 20.2 Å². The Morgan fingerprint density at radius 3 is 2.73 bits per heavy atom. The fourth-order valence-corrected chi connectivity index (χ4v) is 0.663. The summed E-state index contributed by atoms with van der Waals surface area (Å²) in [5.74, 6) is 0.351. The molecule has 0 saturated heterocycles. The first kappa shape index (κ1) is 7.59. The second-order valence-electron chi connectivity index (χ2n) is 2.34. The van der Waals surface area contributed by atoms with Gasteiger partial charge in [0.15, 0.2) is 0 Å². The van der Waals surface area contributed by atoms with Crippen LogP contribution in [0.25, 0.3) is 0 Å². The van der Waals surface area contributed by atoms with Gasteiger partial charge in [-0.25, -0.2) is 4.79 Å². The van der Waals surface area contributed by atoms with Crippen LogP contribution in [0.1, 0.15) is 0 Å². The summed E-state index contributed by atoms with van der Waals surface area (Å²) in [6.45, 7) is 0. The maximum absolute atomic E-state index is 11.2. The number of nitrogens with zero attached hydrogens (tertiary/aromatic N) is 3. The molecule has 1 aromatic rings. The van der Waals surface area contributed by atoms with E-state index in [0.717, 1.165) is 4.68 Å². The number of aromatic nitrogens is 2. The first-order valence-corrected chi connectivity index (χ1v) is 3.14. The van der Waals surface area contributed by atoms with Crippen molar-refractivity contribution in [1.82, 2.24) is 14.7 Å². The molecule has 0 aliphatic rings. The number of nitrogens with two attached hydrogens (primary N) is 1. The first-order chi connectivity index (χ1) is 5.13. The average molecular weight is 154 g/mol. The highest BCUT2D eigenvalue weighted by Gasteiger charge is 2.09. The molecule has 1 aromatic heterocycles. The summed E-state index contributed by atoms with van der Waals surface area (Å²) in [4.78, 5) is 12.6. The third kappa shape index (κ3) is 1.31. The van der Waals surface area contributed by atoms with Crippen LogP contribution < -0.4 is 5.73 Å². The number of rotatable bonds is 0. The Kier molecular flexibility index (Phi) is 1.80. The smallest absolute Gasteiger partial charge is 0.346 e. The van der Waals surface area contributed by atoms with Crippen molar-refractivity contribution in [2.24, 2.45) is 0 Å². The lowest BCUT2D eigenvalue weighted by atomic mass is 10.6. The molecule has 0 fully saturated rings. The summed E-state index contributed by atoms with van der Waals surface area (Å²) in [7, 11) is 3.28. The van der Waals surface area contributed by atoms with Gasteiger partial charge in [0.1, 0.15) is 5.82 Å². The zero-order chi connectivity index (χ0) is 8.43. The molecule has 0 bridgehead atoms. The molecule has 5 heteroatoms. The highest BCUT2D eigenvalue weighted by molar-refractivity contribution is 5.78. The lowest BCUT2D eigenvalue weighted by Gasteiger charge is -2.09. The van der Waals surface area contributed by atoms with E-state index < -0.39 is 0 Å². The topological polar surface area (TPSA) is 64.2 Å². The van der Waals surface area contributed by atoms with Crippen molar-refractivity contribution in [3.63, 3.8) is 0 Å². The van der Waals surface area contributed by atoms with Crippen molar-refractivity contribution in [1.29, 1.82) is 0 Å². The Hall–Kier alpha value is -1.52. The molecule has 60 valence electrons. The monoisotopic (exact) mass is 154 g/mol. The highest BCUT2D eigenvalue weighted by atomic mass is 16.2. The summed E-state index contributed by atoms with van der Waals surface area (Å²) >= 11 is 0. The van der Waals surface area contributed by atoms with Gasteiger partial charge in [-0.15, -0.1) is 0 Å². The van der Waals surface area contributed by atoms with Gasteiger partial charge in [0, 0.05) is 20.2 Å². The van der Waals surface area contributed by atoms with Gasteiger partial charge >= 0.3 is 6.03 Å². The fraction of sp³-hybridized carbons (Fsp3) is 0.333. The molecule has 0 atom stereocenters. The van der Waals surface area contributed by atoms with E-state index >= 15 is 0 Å². The molecule has 1 amide bonds. The predicted octanol–water partition coefficient (Wildman–Crippen LogP) is -0.00500. The van der Waals surface area contributed by atoms with Crippen LogP contribution >= 0.6 is 0 Å². The molecular formula is C6H10N4O. The molecule has 2 N–H and O–H groups in total. The Balaban J connectivity index is 2.93. The molecule has 1 heterocycles. The third-order valence-corrected chi connectivity index (χ3v) is 1.24. The summed E-state index contributed by atoms with van der Waals surface area (Å²) in [5, 5.41) is 3.74. The van der Waals surface area contributed by atoms with Gasteiger partial charge in [0.25, 0.3) is 0 Å². The molecule has 0 aliphatic heterocycles. The van der Waals surface area contributed by atoms with E-state index in [1.807, 2.05) is 0 Å². The second kappa shape index (κ2) is 2.61. The Morgan fingerprint density at radius 2 is 2.36 bits per heavy atom. The maximum Gasteiger partial charge on any atom is 0.346 e. The highest BCUT2D eigenvalue weighted by Crippen LogP contribution is 2.00. The van der Waals surface area contributed by atoms with Crippen molar-refractivity contribution in [3.05, 3.63) is 12.3 Å². The van der Waals surface area contributed by atoms with Crippen molar-refractivity contribution < 1.29 is 4.79 Å². The van der Waals surface area contributed by atoms with Crippen LogP contribution in [0.2, 0.25) is 0 Å². The molecule has 0 aliphatic carbocycles. The van der Waals surface area contributed by atoms with E-state index in [0.29, 0.717) is 5.82 Å². The summed E-state index contributed by atoms with van der Waals surface area (Å²) < 4.78 is 1.14. The van der Waals surface area contributed by atoms with Crippen LogP contribution in [-0.2, 0) is 0 Å². The van der Waals surface area contributed by atoms with Gasteiger partial charge in [0.2, 0.25) is 0 Å². The van der Waals surface area contributed by atoms with E-state index in [2.05, 4.69) is 5.10 Å².